The van der Waals surface area contributed by atoms with Gasteiger partial charge in [-0.25, -0.2) is 0 Å². The average Bonchev–Trinajstić information content (AvgIpc) is 2.68. The second-order valence-electron chi connectivity index (χ2n) is 16.2. The Kier molecular flexibility index (Phi) is 82.1. The number of methoxy groups -OCH3 is 1. The highest BCUT2D eigenvalue weighted by molar-refractivity contribution is 5.30. The van der Waals surface area contributed by atoms with E-state index in [1.54, 1.807) is 12.1 Å². The van der Waals surface area contributed by atoms with E-state index in [-0.39, 0.29) is 298 Å². The Hall–Kier alpha value is -2.94. The molecule has 0 aliphatic heterocycles. The molecule has 0 amide bonds. The maximum atomic E-state index is 9.25. The fourth-order valence-corrected chi connectivity index (χ4v) is 4.81. The van der Waals surface area contributed by atoms with Crippen molar-refractivity contribution in [1.82, 2.24) is 0 Å². The Morgan fingerprint density at radius 1 is 0.163 bits per heavy atom. The van der Waals surface area contributed by atoms with Crippen molar-refractivity contribution in [2.45, 2.75) is 0 Å². The second kappa shape index (κ2) is 86.5. The van der Waals surface area contributed by atoms with E-state index < -0.39 is 0 Å². The van der Waals surface area contributed by atoms with Gasteiger partial charge in [0.05, 0.1) is 6.61 Å². The normalized spacial score (nSPS) is 11.7. The highest BCUT2D eigenvalue weighted by Crippen LogP contribution is 2.15. The van der Waals surface area contributed by atoms with E-state index in [2.05, 4.69) is 4.74 Å². The first-order valence-corrected chi connectivity index (χ1v) is 28.6. The monoisotopic (exact) mass is 1460 g/mol. The topological polar surface area (TPSA) is 436 Å². The van der Waals surface area contributed by atoms with Crippen LogP contribution in [0.2, 0.25) is 0 Å². The van der Waals surface area contributed by atoms with Gasteiger partial charge in [0.25, 0.3) is 0 Å². The van der Waals surface area contributed by atoms with Gasteiger partial charge in [0.1, 0.15) is 31.7 Å². The zero-order valence-corrected chi connectivity index (χ0v) is 54.9. The molecule has 0 atom stereocenters. The van der Waals surface area contributed by atoms with Crippen LogP contribution >= 0.6 is 0 Å². The SMILES string of the molecule is COCOCOCOCOCOCOCOCOCOCOCOCOCOCOCOCOCOCOCOCOCOCOCOCOCOCOCOCOCOCOCOCOCOCOCOCOCOCOCOCOCOCOCOCCOc1ccc(O)cc1. The number of rotatable bonds is 90. The lowest BCUT2D eigenvalue weighted by atomic mass is 10.3. The molecule has 582 valence electrons. The summed E-state index contributed by atoms with van der Waals surface area (Å²) in [6.45, 7) is -2.62. The van der Waals surface area contributed by atoms with Crippen LogP contribution in [-0.4, -0.2) is 318 Å². The van der Waals surface area contributed by atoms with Crippen molar-refractivity contribution in [2.75, 3.05) is 312 Å². The highest BCUT2D eigenvalue weighted by Gasteiger charge is 2.02. The summed E-state index contributed by atoms with van der Waals surface area (Å²) in [6.07, 6.45) is 0. The number of hydrogen-bond donors (Lipinski definition) is 1. The quantitative estimate of drug-likeness (QED) is 0.0677. The first kappa shape index (κ1) is 93.1. The van der Waals surface area contributed by atoms with E-state index in [4.69, 9.17) is 208 Å². The van der Waals surface area contributed by atoms with Crippen molar-refractivity contribution in [1.29, 1.82) is 0 Å². The van der Waals surface area contributed by atoms with Crippen molar-refractivity contribution in [2.24, 2.45) is 0 Å². The van der Waals surface area contributed by atoms with Crippen molar-refractivity contribution in [3.63, 3.8) is 0 Å². The number of benzene rings is 1. The molecule has 0 saturated heterocycles. The van der Waals surface area contributed by atoms with Crippen LogP contribution in [-0.2, 0) is 208 Å². The van der Waals surface area contributed by atoms with Crippen molar-refractivity contribution in [3.8, 4) is 11.5 Å². The predicted octanol–water partition coefficient (Wildman–Crippen LogP) is 0.304. The molecule has 98 heavy (non-hydrogen) atoms. The molecule has 0 bridgehead atoms. The maximum absolute atomic E-state index is 9.25. The third kappa shape index (κ3) is 82.0. The Bertz CT molecular complexity index is 1590. The first-order valence-electron chi connectivity index (χ1n) is 28.6. The van der Waals surface area contributed by atoms with E-state index >= 15 is 0 Å². The number of phenols is 1. The van der Waals surface area contributed by atoms with Gasteiger partial charge in [-0.15, -0.1) is 0 Å². The molecule has 1 N–H and O–H groups in total. The van der Waals surface area contributed by atoms with Gasteiger partial charge in [0.15, 0.2) is 279 Å². The minimum Gasteiger partial charge on any atom is -0.508 e. The zero-order valence-electron chi connectivity index (χ0n) is 54.9. The van der Waals surface area contributed by atoms with Gasteiger partial charge in [-0.1, -0.05) is 0 Å². The lowest BCUT2D eigenvalue weighted by molar-refractivity contribution is -0.243. The van der Waals surface area contributed by atoms with E-state index in [0.717, 1.165) is 0 Å². The molecule has 0 saturated carbocycles. The summed E-state index contributed by atoms with van der Waals surface area (Å²) in [6, 6.07) is 6.37. The van der Waals surface area contributed by atoms with Crippen molar-refractivity contribution < 1.29 is 218 Å². The largest absolute Gasteiger partial charge is 0.508 e. The lowest BCUT2D eigenvalue weighted by Gasteiger charge is -2.10. The molecule has 0 spiro atoms. The van der Waals surface area contributed by atoms with Crippen LogP contribution in [0.3, 0.4) is 0 Å². The van der Waals surface area contributed by atoms with Crippen LogP contribution in [0, 0.1) is 0 Å². The second-order valence-corrected chi connectivity index (χ2v) is 16.2. The minimum atomic E-state index is -0.105. The van der Waals surface area contributed by atoms with Gasteiger partial charge in [-0.05, 0) is 24.3 Å². The summed E-state index contributed by atoms with van der Waals surface area (Å²) in [4.78, 5) is 0. The molecule has 1 aromatic rings. The Morgan fingerprint density at radius 2 is 0.286 bits per heavy atom. The molecule has 0 aromatic heterocycles. The smallest absolute Gasteiger partial charge is 0.152 e. The molecule has 46 nitrogen and oxygen atoms in total. The minimum absolute atomic E-state index is 0.00232. The van der Waals surface area contributed by atoms with E-state index in [0.29, 0.717) is 19.0 Å². The predicted molar refractivity (Wildman–Crippen MR) is 301 cm³/mol. The average molecular weight is 1460 g/mol. The third-order valence-corrected chi connectivity index (χ3v) is 8.53. The summed E-state index contributed by atoms with van der Waals surface area (Å²) >= 11 is 0. The molecular formula is C52H98O46. The van der Waals surface area contributed by atoms with E-state index in [9.17, 15) is 5.11 Å². The molecule has 1 aromatic carbocycles. The van der Waals surface area contributed by atoms with Crippen LogP contribution < -0.4 is 4.74 Å². The highest BCUT2D eigenvalue weighted by atomic mass is 16.9. The van der Waals surface area contributed by atoms with Crippen LogP contribution in [0.25, 0.3) is 0 Å². The summed E-state index contributed by atoms with van der Waals surface area (Å²) in [7, 11) is 1.51. The molecule has 1 rings (SSSR count). The van der Waals surface area contributed by atoms with Crippen LogP contribution in [0.5, 0.6) is 11.5 Å². The Labute approximate surface area is 565 Å². The van der Waals surface area contributed by atoms with Crippen molar-refractivity contribution >= 4 is 0 Å². The molecule has 0 aliphatic rings. The van der Waals surface area contributed by atoms with Gasteiger partial charge < -0.3 is 218 Å². The summed E-state index contributed by atoms with van der Waals surface area (Å²) < 4.78 is 229. The zero-order chi connectivity index (χ0) is 69.6. The standard InChI is InChI=1S/C52H98O46/c1-54-8-56-10-58-12-60-14-62-16-64-18-66-20-68-22-70-24-72-26-74-28-76-30-78-32-80-34-82-36-84-38-86-40-88-42-90-44-92-46-94-48-96-50-97-49-95-47-93-45-91-43-89-41-87-39-85-37-83-35-81-33-79-31-77-29-75-27-73-25-71-23-69-21-67-19-65-17-63-15-61-13-59-11-57-9-55-6-7-98-52-4-2-51(53)3-5-52/h2-5,53H,6-50H2,1H3. The van der Waals surface area contributed by atoms with E-state index in [1.165, 1.54) is 19.2 Å². The van der Waals surface area contributed by atoms with Gasteiger partial charge in [-0.2, -0.15) is 0 Å². The Balaban J connectivity index is 1.58. The summed E-state index contributed by atoms with van der Waals surface area (Å²) in [5.74, 6) is 0.790. The molecule has 0 radical (unpaired) electrons. The lowest BCUT2D eigenvalue weighted by Crippen LogP contribution is -2.14. The van der Waals surface area contributed by atoms with Crippen molar-refractivity contribution in [3.05, 3.63) is 24.3 Å². The Morgan fingerprint density at radius 3 is 0.418 bits per heavy atom. The van der Waals surface area contributed by atoms with Gasteiger partial charge >= 0.3 is 0 Å². The fraction of sp³-hybridized carbons (Fsp3) is 0.885. The van der Waals surface area contributed by atoms with Crippen LogP contribution in [0.15, 0.2) is 24.3 Å². The maximum Gasteiger partial charge on any atom is 0.152 e. The number of aromatic hydroxyl groups is 1. The number of hydrogen-bond acceptors (Lipinski definition) is 46. The summed E-state index contributed by atoms with van der Waals surface area (Å²) in [5, 5.41) is 9.25. The molecule has 0 heterocycles. The number of phenolic OH excluding ortho intramolecular Hbond substituents is 1. The van der Waals surface area contributed by atoms with Gasteiger partial charge in [-0.3, -0.25) is 0 Å². The first-order chi connectivity index (χ1) is 48.8. The molecule has 0 fully saturated rings. The number of ether oxygens (including phenoxy) is 45. The van der Waals surface area contributed by atoms with Gasteiger partial charge in [0.2, 0.25) is 0 Å². The third-order valence-electron chi connectivity index (χ3n) is 8.53. The van der Waals surface area contributed by atoms with E-state index in [1.807, 2.05) is 0 Å². The summed E-state index contributed by atoms with van der Waals surface area (Å²) in [5.41, 5.74) is 0. The van der Waals surface area contributed by atoms with Crippen LogP contribution in [0.4, 0.5) is 0 Å². The van der Waals surface area contributed by atoms with Gasteiger partial charge in [0, 0.05) is 7.11 Å². The fourth-order valence-electron chi connectivity index (χ4n) is 4.81. The molecule has 0 unspecified atom stereocenters. The van der Waals surface area contributed by atoms with Crippen LogP contribution in [0.1, 0.15) is 0 Å². The molecule has 0 aliphatic carbocycles. The molecular weight excluding hydrogens is 1360 g/mol. The molecule has 46 heteroatoms.